The molecule has 0 spiro atoms. The van der Waals surface area contributed by atoms with E-state index in [0.717, 1.165) is 10.0 Å². The van der Waals surface area contributed by atoms with Crippen molar-refractivity contribution in [3.63, 3.8) is 0 Å². The number of carbonyl (C=O) groups is 2. The highest BCUT2D eigenvalue weighted by atomic mass is 79.9. The molecule has 3 rings (SSSR count). The van der Waals surface area contributed by atoms with Gasteiger partial charge in [-0.25, -0.2) is 0 Å². The molecule has 0 saturated heterocycles. The van der Waals surface area contributed by atoms with Crippen LogP contribution in [0.25, 0.3) is 0 Å². The summed E-state index contributed by atoms with van der Waals surface area (Å²) in [6, 6.07) is 15.7. The van der Waals surface area contributed by atoms with Gasteiger partial charge in [0.2, 0.25) is 0 Å². The third kappa shape index (κ3) is 2.68. The van der Waals surface area contributed by atoms with Crippen LogP contribution < -0.4 is 4.90 Å². The number of hydrogen-bond donors (Lipinski definition) is 1. The number of benzene rings is 2. The van der Waals surface area contributed by atoms with Crippen LogP contribution in [0.4, 0.5) is 5.69 Å². The van der Waals surface area contributed by atoms with Gasteiger partial charge in [-0.3, -0.25) is 14.5 Å². The monoisotopic (exact) mass is 371 g/mol. The summed E-state index contributed by atoms with van der Waals surface area (Å²) in [6.45, 7) is 1.36. The van der Waals surface area contributed by atoms with Crippen molar-refractivity contribution in [1.82, 2.24) is 0 Å². The fraction of sp³-hybridized carbons (Fsp3) is 0.111. The van der Waals surface area contributed by atoms with Gasteiger partial charge < -0.3 is 5.11 Å². The molecule has 1 atom stereocenters. The predicted molar refractivity (Wildman–Crippen MR) is 91.1 cm³/mol. The summed E-state index contributed by atoms with van der Waals surface area (Å²) in [5.74, 6) is -1.36. The number of aliphatic hydroxyl groups is 1. The first kappa shape index (κ1) is 15.5. The van der Waals surface area contributed by atoms with Gasteiger partial charge in [0.1, 0.15) is 0 Å². The molecule has 4 nitrogen and oxygen atoms in total. The number of para-hydroxylation sites is 1. The summed E-state index contributed by atoms with van der Waals surface area (Å²) in [5.41, 5.74) is 1.52. The van der Waals surface area contributed by atoms with E-state index in [2.05, 4.69) is 15.9 Å². The number of aliphatic hydroxyl groups excluding tert-OH is 1. The molecule has 0 aliphatic carbocycles. The molecule has 1 N–H and O–H groups in total. The lowest BCUT2D eigenvalue weighted by Crippen LogP contribution is -2.30. The second-order valence-corrected chi connectivity index (χ2v) is 6.20. The number of carbonyl (C=O) groups excluding carboxylic acids is 2. The van der Waals surface area contributed by atoms with E-state index < -0.39 is 17.7 Å². The highest BCUT2D eigenvalue weighted by Crippen LogP contribution is 2.40. The van der Waals surface area contributed by atoms with Crippen LogP contribution in [0, 0.1) is 0 Å². The Morgan fingerprint density at radius 1 is 1.09 bits per heavy atom. The van der Waals surface area contributed by atoms with Crippen LogP contribution in [0.15, 0.2) is 70.4 Å². The summed E-state index contributed by atoms with van der Waals surface area (Å²) in [7, 11) is 0. The number of ketones is 1. The van der Waals surface area contributed by atoms with Gasteiger partial charge in [-0.15, -0.1) is 0 Å². The van der Waals surface area contributed by atoms with Crippen molar-refractivity contribution in [2.75, 3.05) is 4.90 Å². The lowest BCUT2D eigenvalue weighted by Gasteiger charge is -2.26. The third-order valence-electron chi connectivity index (χ3n) is 3.81. The minimum Gasteiger partial charge on any atom is -0.503 e. The lowest BCUT2D eigenvalue weighted by molar-refractivity contribution is -0.117. The molecular formula is C18H14BrNO3. The average molecular weight is 372 g/mol. The maximum atomic E-state index is 12.5. The molecule has 0 bridgehead atoms. The molecule has 0 aromatic heterocycles. The molecule has 1 aliphatic heterocycles. The smallest absolute Gasteiger partial charge is 0.294 e. The van der Waals surface area contributed by atoms with Gasteiger partial charge in [-0.05, 0) is 36.8 Å². The summed E-state index contributed by atoms with van der Waals surface area (Å²) < 4.78 is 0.898. The molecule has 1 aliphatic rings. The topological polar surface area (TPSA) is 57.6 Å². The van der Waals surface area contributed by atoms with Crippen molar-refractivity contribution in [2.45, 2.75) is 13.0 Å². The molecule has 23 heavy (non-hydrogen) atoms. The van der Waals surface area contributed by atoms with Crippen molar-refractivity contribution in [2.24, 2.45) is 0 Å². The molecule has 1 heterocycles. The molecule has 0 saturated carbocycles. The standard InChI is InChI=1S/C18H14BrNO3/c1-11(21)15-16(12-7-9-13(19)10-8-12)20(18(23)17(15)22)14-5-3-2-4-6-14/h2-10,16,22H,1H3/t16-/m0/s1. The van der Waals surface area contributed by atoms with Crippen LogP contribution in [0.1, 0.15) is 18.5 Å². The maximum Gasteiger partial charge on any atom is 0.294 e. The first-order valence-corrected chi connectivity index (χ1v) is 7.88. The zero-order valence-corrected chi connectivity index (χ0v) is 13.9. The van der Waals surface area contributed by atoms with E-state index in [9.17, 15) is 14.7 Å². The van der Waals surface area contributed by atoms with E-state index in [1.165, 1.54) is 11.8 Å². The number of nitrogens with zero attached hydrogens (tertiary/aromatic N) is 1. The van der Waals surface area contributed by atoms with E-state index in [1.807, 2.05) is 42.5 Å². The van der Waals surface area contributed by atoms with Crippen molar-refractivity contribution in [3.8, 4) is 0 Å². The van der Waals surface area contributed by atoms with E-state index >= 15 is 0 Å². The van der Waals surface area contributed by atoms with Crippen LogP contribution >= 0.6 is 15.9 Å². The first-order valence-electron chi connectivity index (χ1n) is 7.09. The second kappa shape index (κ2) is 6.01. The fourth-order valence-corrected chi connectivity index (χ4v) is 3.04. The van der Waals surface area contributed by atoms with Crippen molar-refractivity contribution in [1.29, 1.82) is 0 Å². The zero-order chi connectivity index (χ0) is 16.6. The van der Waals surface area contributed by atoms with Crippen LogP contribution in [0.2, 0.25) is 0 Å². The first-order chi connectivity index (χ1) is 11.0. The minimum atomic E-state index is -0.629. The Hall–Kier alpha value is -2.40. The van der Waals surface area contributed by atoms with Gasteiger partial charge in [-0.1, -0.05) is 46.3 Å². The molecule has 116 valence electrons. The highest BCUT2D eigenvalue weighted by Gasteiger charge is 2.43. The Morgan fingerprint density at radius 3 is 2.26 bits per heavy atom. The van der Waals surface area contributed by atoms with E-state index in [4.69, 9.17) is 0 Å². The molecule has 0 fully saturated rings. The molecular weight excluding hydrogens is 358 g/mol. The van der Waals surface area contributed by atoms with E-state index in [0.29, 0.717) is 5.69 Å². The van der Waals surface area contributed by atoms with Crippen LogP contribution in [0.5, 0.6) is 0 Å². The highest BCUT2D eigenvalue weighted by molar-refractivity contribution is 9.10. The molecule has 5 heteroatoms. The normalized spacial score (nSPS) is 17.7. The second-order valence-electron chi connectivity index (χ2n) is 5.28. The van der Waals surface area contributed by atoms with Gasteiger partial charge in [0.15, 0.2) is 11.5 Å². The van der Waals surface area contributed by atoms with E-state index in [1.54, 1.807) is 12.1 Å². The summed E-state index contributed by atoms with van der Waals surface area (Å²) in [5, 5.41) is 10.2. The van der Waals surface area contributed by atoms with Gasteiger partial charge in [0, 0.05) is 10.2 Å². The summed E-state index contributed by atoms with van der Waals surface area (Å²) in [4.78, 5) is 26.0. The number of hydrogen-bond acceptors (Lipinski definition) is 3. The number of halogens is 1. The predicted octanol–water partition coefficient (Wildman–Crippen LogP) is 3.94. The molecule has 2 aromatic rings. The molecule has 0 unspecified atom stereocenters. The van der Waals surface area contributed by atoms with Gasteiger partial charge in [-0.2, -0.15) is 0 Å². The van der Waals surface area contributed by atoms with Gasteiger partial charge in [0.05, 0.1) is 11.6 Å². The lowest BCUT2D eigenvalue weighted by atomic mass is 9.96. The average Bonchev–Trinajstić information content (AvgIpc) is 2.81. The van der Waals surface area contributed by atoms with Crippen LogP contribution in [-0.4, -0.2) is 16.8 Å². The minimum absolute atomic E-state index is 0.126. The number of rotatable bonds is 3. The summed E-state index contributed by atoms with van der Waals surface area (Å²) in [6.07, 6.45) is 0. The molecule has 0 radical (unpaired) electrons. The quantitative estimate of drug-likeness (QED) is 0.888. The maximum absolute atomic E-state index is 12.5. The number of Topliss-reactive ketones (excluding diaryl/α,β-unsaturated/α-hetero) is 1. The Balaban J connectivity index is 2.17. The third-order valence-corrected chi connectivity index (χ3v) is 4.34. The Labute approximate surface area is 142 Å². The van der Waals surface area contributed by atoms with E-state index in [-0.39, 0.29) is 11.4 Å². The molecule has 1 amide bonds. The van der Waals surface area contributed by atoms with Crippen LogP contribution in [0.3, 0.4) is 0 Å². The van der Waals surface area contributed by atoms with Gasteiger partial charge in [0.25, 0.3) is 5.91 Å². The largest absolute Gasteiger partial charge is 0.503 e. The SMILES string of the molecule is CC(=O)C1=C(O)C(=O)N(c2ccccc2)[C@H]1c1ccc(Br)cc1. The van der Waals surface area contributed by atoms with Crippen LogP contribution in [-0.2, 0) is 9.59 Å². The van der Waals surface area contributed by atoms with Crippen molar-refractivity contribution < 1.29 is 14.7 Å². The van der Waals surface area contributed by atoms with Crippen molar-refractivity contribution >= 4 is 33.3 Å². The zero-order valence-electron chi connectivity index (χ0n) is 12.4. The fourth-order valence-electron chi connectivity index (χ4n) is 2.78. The number of amides is 1. The Bertz CT molecular complexity index is 797. The number of anilines is 1. The van der Waals surface area contributed by atoms with Gasteiger partial charge >= 0.3 is 0 Å². The summed E-state index contributed by atoms with van der Waals surface area (Å²) >= 11 is 3.37. The molecule has 2 aromatic carbocycles. The Kier molecular flexibility index (Phi) is 4.05. The Morgan fingerprint density at radius 2 is 1.70 bits per heavy atom. The van der Waals surface area contributed by atoms with Crippen molar-refractivity contribution in [3.05, 3.63) is 76.0 Å².